The Morgan fingerprint density at radius 3 is 2.67 bits per heavy atom. The van der Waals surface area contributed by atoms with Crippen LogP contribution in [0.25, 0.3) is 0 Å². The molecule has 0 saturated heterocycles. The van der Waals surface area contributed by atoms with Crippen LogP contribution >= 0.6 is 11.8 Å². The van der Waals surface area contributed by atoms with Crippen LogP contribution in [0.2, 0.25) is 0 Å². The number of hydrogen-bond donors (Lipinski definition) is 2. The first-order valence-electron chi connectivity index (χ1n) is 7.71. The first kappa shape index (κ1) is 16.4. The third-order valence-corrected chi connectivity index (χ3v) is 5.54. The maximum Gasteiger partial charge on any atom is 0.230 e. The normalized spacial score (nSPS) is 17.4. The SMILES string of the molecule is Cc1ccccc1SCC(=O)NCC1(CO)CCCCC1. The van der Waals surface area contributed by atoms with E-state index in [1.165, 1.54) is 12.0 Å². The van der Waals surface area contributed by atoms with E-state index in [-0.39, 0.29) is 17.9 Å². The van der Waals surface area contributed by atoms with Gasteiger partial charge in [0.25, 0.3) is 0 Å². The number of carbonyl (C=O) groups excluding carboxylic acids is 1. The molecule has 116 valence electrons. The van der Waals surface area contributed by atoms with E-state index in [1.807, 2.05) is 18.2 Å². The van der Waals surface area contributed by atoms with Crippen LogP contribution in [0.3, 0.4) is 0 Å². The van der Waals surface area contributed by atoms with Crippen LogP contribution in [0.1, 0.15) is 37.7 Å². The van der Waals surface area contributed by atoms with E-state index in [0.717, 1.165) is 30.6 Å². The molecule has 0 aromatic heterocycles. The number of hydrogen-bond acceptors (Lipinski definition) is 3. The van der Waals surface area contributed by atoms with Crippen LogP contribution in [-0.4, -0.2) is 29.9 Å². The molecule has 0 unspecified atom stereocenters. The van der Waals surface area contributed by atoms with Crippen LogP contribution < -0.4 is 5.32 Å². The van der Waals surface area contributed by atoms with Crippen molar-refractivity contribution in [1.82, 2.24) is 5.32 Å². The molecule has 0 heterocycles. The number of aliphatic hydroxyl groups is 1. The van der Waals surface area contributed by atoms with Gasteiger partial charge in [0.1, 0.15) is 0 Å². The number of amides is 1. The molecular formula is C17H25NO2S. The molecule has 21 heavy (non-hydrogen) atoms. The van der Waals surface area contributed by atoms with Gasteiger partial charge in [-0.25, -0.2) is 0 Å². The highest BCUT2D eigenvalue weighted by atomic mass is 32.2. The van der Waals surface area contributed by atoms with Crippen molar-refractivity contribution < 1.29 is 9.90 Å². The summed E-state index contributed by atoms with van der Waals surface area (Å²) in [5.74, 6) is 0.494. The van der Waals surface area contributed by atoms with Gasteiger partial charge >= 0.3 is 0 Å². The van der Waals surface area contributed by atoms with Gasteiger partial charge in [-0.05, 0) is 31.4 Å². The van der Waals surface area contributed by atoms with E-state index >= 15 is 0 Å². The van der Waals surface area contributed by atoms with E-state index in [2.05, 4.69) is 18.3 Å². The lowest BCUT2D eigenvalue weighted by Gasteiger charge is -2.35. The second-order valence-electron chi connectivity index (χ2n) is 6.05. The fraction of sp³-hybridized carbons (Fsp3) is 0.588. The third-order valence-electron chi connectivity index (χ3n) is 4.36. The van der Waals surface area contributed by atoms with Crippen LogP contribution in [0, 0.1) is 12.3 Å². The Balaban J connectivity index is 1.78. The second kappa shape index (κ2) is 7.85. The maximum atomic E-state index is 12.0. The van der Waals surface area contributed by atoms with Gasteiger partial charge < -0.3 is 10.4 Å². The standard InChI is InChI=1S/C17H25NO2S/c1-14-7-3-4-8-15(14)21-11-16(20)18-12-17(13-19)9-5-2-6-10-17/h3-4,7-8,19H,2,5-6,9-13H2,1H3,(H,18,20). The van der Waals surface area contributed by atoms with Gasteiger partial charge in [0, 0.05) is 16.9 Å². The predicted octanol–water partition coefficient (Wildman–Crippen LogP) is 3.15. The van der Waals surface area contributed by atoms with Gasteiger partial charge in [-0.2, -0.15) is 0 Å². The van der Waals surface area contributed by atoms with E-state index < -0.39 is 0 Å². The minimum absolute atomic E-state index is 0.0571. The molecule has 1 aliphatic carbocycles. The van der Waals surface area contributed by atoms with E-state index in [4.69, 9.17) is 0 Å². The molecule has 1 aromatic rings. The summed E-state index contributed by atoms with van der Waals surface area (Å²) in [6.07, 6.45) is 5.62. The number of aliphatic hydroxyl groups excluding tert-OH is 1. The summed E-state index contributed by atoms with van der Waals surface area (Å²) >= 11 is 1.57. The third kappa shape index (κ3) is 4.75. The Morgan fingerprint density at radius 1 is 1.29 bits per heavy atom. The van der Waals surface area contributed by atoms with Crippen molar-refractivity contribution in [2.45, 2.75) is 43.9 Å². The van der Waals surface area contributed by atoms with E-state index in [9.17, 15) is 9.90 Å². The fourth-order valence-corrected chi connectivity index (χ4v) is 3.75. The zero-order valence-corrected chi connectivity index (χ0v) is 13.5. The summed E-state index contributed by atoms with van der Waals surface area (Å²) in [7, 11) is 0. The monoisotopic (exact) mass is 307 g/mol. The van der Waals surface area contributed by atoms with Crippen molar-refractivity contribution in [2.75, 3.05) is 18.9 Å². The Morgan fingerprint density at radius 2 is 2.00 bits per heavy atom. The average Bonchev–Trinajstić information content (AvgIpc) is 2.53. The zero-order valence-electron chi connectivity index (χ0n) is 12.7. The van der Waals surface area contributed by atoms with Gasteiger partial charge in [-0.15, -0.1) is 11.8 Å². The smallest absolute Gasteiger partial charge is 0.230 e. The number of rotatable bonds is 6. The Hall–Kier alpha value is -1.00. The molecule has 1 amide bonds. The largest absolute Gasteiger partial charge is 0.396 e. The molecule has 3 nitrogen and oxygen atoms in total. The second-order valence-corrected chi connectivity index (χ2v) is 7.07. The van der Waals surface area contributed by atoms with Gasteiger partial charge in [0.15, 0.2) is 0 Å². The van der Waals surface area contributed by atoms with Crippen molar-refractivity contribution in [1.29, 1.82) is 0 Å². The minimum atomic E-state index is -0.0821. The molecule has 2 rings (SSSR count). The average molecular weight is 307 g/mol. The summed E-state index contributed by atoms with van der Waals surface area (Å²) in [4.78, 5) is 13.2. The molecular weight excluding hydrogens is 282 g/mol. The van der Waals surface area contributed by atoms with Crippen molar-refractivity contribution in [3.8, 4) is 0 Å². The quantitative estimate of drug-likeness (QED) is 0.794. The van der Waals surface area contributed by atoms with Crippen LogP contribution in [-0.2, 0) is 4.79 Å². The molecule has 1 aromatic carbocycles. The summed E-state index contributed by atoms with van der Waals surface area (Å²) in [6.45, 7) is 2.85. The Kier molecular flexibility index (Phi) is 6.12. The van der Waals surface area contributed by atoms with Gasteiger partial charge in [0.05, 0.1) is 12.4 Å². The summed E-state index contributed by atoms with van der Waals surface area (Å²) in [5, 5.41) is 12.7. The topological polar surface area (TPSA) is 49.3 Å². The Labute approximate surface area is 131 Å². The van der Waals surface area contributed by atoms with Crippen LogP contribution in [0.5, 0.6) is 0 Å². The highest BCUT2D eigenvalue weighted by Gasteiger charge is 2.31. The summed E-state index contributed by atoms with van der Waals surface area (Å²) in [6, 6.07) is 8.11. The number of thioether (sulfide) groups is 1. The number of aryl methyl sites for hydroxylation is 1. The lowest BCUT2D eigenvalue weighted by Crippen LogP contribution is -2.42. The number of benzene rings is 1. The molecule has 0 atom stereocenters. The van der Waals surface area contributed by atoms with Gasteiger partial charge in [0.2, 0.25) is 5.91 Å². The van der Waals surface area contributed by atoms with Crippen LogP contribution in [0.4, 0.5) is 0 Å². The highest BCUT2D eigenvalue weighted by molar-refractivity contribution is 8.00. The molecule has 1 fully saturated rings. The van der Waals surface area contributed by atoms with Gasteiger partial charge in [-0.3, -0.25) is 4.79 Å². The first-order valence-corrected chi connectivity index (χ1v) is 8.70. The van der Waals surface area contributed by atoms with E-state index in [0.29, 0.717) is 12.3 Å². The lowest BCUT2D eigenvalue weighted by atomic mass is 9.74. The van der Waals surface area contributed by atoms with Gasteiger partial charge in [-0.1, -0.05) is 37.5 Å². The molecule has 0 radical (unpaired) electrons. The summed E-state index contributed by atoms with van der Waals surface area (Å²) < 4.78 is 0. The molecule has 0 spiro atoms. The first-order chi connectivity index (χ1) is 10.2. The molecule has 1 aliphatic rings. The Bertz CT molecular complexity index is 470. The van der Waals surface area contributed by atoms with Crippen molar-refractivity contribution in [3.63, 3.8) is 0 Å². The van der Waals surface area contributed by atoms with Crippen LogP contribution in [0.15, 0.2) is 29.2 Å². The maximum absolute atomic E-state index is 12.0. The molecule has 1 saturated carbocycles. The number of carbonyl (C=O) groups is 1. The molecule has 4 heteroatoms. The minimum Gasteiger partial charge on any atom is -0.396 e. The molecule has 0 bridgehead atoms. The number of nitrogens with one attached hydrogen (secondary N) is 1. The summed E-state index contributed by atoms with van der Waals surface area (Å²) in [5.41, 5.74) is 1.12. The highest BCUT2D eigenvalue weighted by Crippen LogP contribution is 2.35. The fourth-order valence-electron chi connectivity index (χ4n) is 2.89. The predicted molar refractivity (Wildman–Crippen MR) is 87.5 cm³/mol. The van der Waals surface area contributed by atoms with Crippen molar-refractivity contribution >= 4 is 17.7 Å². The zero-order chi connectivity index (χ0) is 15.1. The van der Waals surface area contributed by atoms with Crippen molar-refractivity contribution in [3.05, 3.63) is 29.8 Å². The van der Waals surface area contributed by atoms with E-state index in [1.54, 1.807) is 11.8 Å². The van der Waals surface area contributed by atoms with Crippen molar-refractivity contribution in [2.24, 2.45) is 5.41 Å². The lowest BCUT2D eigenvalue weighted by molar-refractivity contribution is -0.119. The molecule has 2 N–H and O–H groups in total. The molecule has 0 aliphatic heterocycles.